The fourth-order valence-corrected chi connectivity index (χ4v) is 3.59. The normalized spacial score (nSPS) is 23.1. The summed E-state index contributed by atoms with van der Waals surface area (Å²) in [6, 6.07) is 29.6. The van der Waals surface area contributed by atoms with Gasteiger partial charge in [-0.25, -0.2) is 0 Å². The van der Waals surface area contributed by atoms with Gasteiger partial charge in [-0.05, 0) is 16.7 Å². The zero-order valence-electron chi connectivity index (χ0n) is 17.4. The Hall–Kier alpha value is -2.54. The Morgan fingerprint density at radius 3 is 1.84 bits per heavy atom. The van der Waals surface area contributed by atoms with Crippen molar-refractivity contribution in [2.24, 2.45) is 0 Å². The molecular weight excluding hydrogens is 392 g/mol. The molecule has 0 bridgehead atoms. The van der Waals surface area contributed by atoms with Crippen molar-refractivity contribution in [3.63, 3.8) is 0 Å². The van der Waals surface area contributed by atoms with Gasteiger partial charge in [-0.2, -0.15) is 0 Å². The van der Waals surface area contributed by atoms with E-state index in [9.17, 15) is 5.11 Å². The van der Waals surface area contributed by atoms with E-state index < -0.39 is 18.0 Å². The Kier molecular flexibility index (Phi) is 7.46. The van der Waals surface area contributed by atoms with Crippen molar-refractivity contribution in [1.29, 1.82) is 0 Å². The Bertz CT molecular complexity index is 903. The number of hydrogen-bond donors (Lipinski definition) is 1. The molecular formula is C26H28O5. The molecule has 1 aliphatic heterocycles. The highest BCUT2D eigenvalue weighted by Crippen LogP contribution is 2.31. The van der Waals surface area contributed by atoms with Crippen LogP contribution in [-0.4, -0.2) is 36.3 Å². The standard InChI is InChI=1S/C26H28O5/c27-26(31-18-23-14-8-3-9-15-23)20-30-24(19-28-16-21-10-4-1-5-11-21)25(26)29-17-22-12-6-2-7-13-22/h1-15,24-25,27H,16-20H2. The zero-order valence-corrected chi connectivity index (χ0v) is 17.4. The van der Waals surface area contributed by atoms with Crippen LogP contribution in [0.15, 0.2) is 91.0 Å². The summed E-state index contributed by atoms with van der Waals surface area (Å²) in [6.45, 7) is 1.41. The third-order valence-corrected chi connectivity index (χ3v) is 5.28. The minimum absolute atomic E-state index is 0.0264. The molecule has 3 aromatic carbocycles. The third-order valence-electron chi connectivity index (χ3n) is 5.28. The van der Waals surface area contributed by atoms with Crippen LogP contribution in [0.3, 0.4) is 0 Å². The first-order valence-corrected chi connectivity index (χ1v) is 10.5. The van der Waals surface area contributed by atoms with Gasteiger partial charge in [-0.1, -0.05) is 91.0 Å². The topological polar surface area (TPSA) is 57.2 Å². The van der Waals surface area contributed by atoms with Gasteiger partial charge < -0.3 is 24.1 Å². The predicted octanol–water partition coefficient (Wildman–Crippen LogP) is 4.09. The lowest BCUT2D eigenvalue weighted by molar-refractivity contribution is -0.258. The summed E-state index contributed by atoms with van der Waals surface area (Å²) in [4.78, 5) is 0. The summed E-state index contributed by atoms with van der Waals surface area (Å²) in [5.41, 5.74) is 3.07. The molecule has 0 spiro atoms. The quantitative estimate of drug-likeness (QED) is 0.501. The van der Waals surface area contributed by atoms with Gasteiger partial charge in [0.2, 0.25) is 5.79 Å². The number of ether oxygens (including phenoxy) is 4. The minimum atomic E-state index is -1.55. The molecule has 1 saturated heterocycles. The maximum absolute atomic E-state index is 11.2. The second-order valence-electron chi connectivity index (χ2n) is 7.69. The molecule has 0 aromatic heterocycles. The molecule has 5 nitrogen and oxygen atoms in total. The average Bonchev–Trinajstić information content (AvgIpc) is 3.14. The lowest BCUT2D eigenvalue weighted by atomic mass is 10.1. The van der Waals surface area contributed by atoms with E-state index in [2.05, 4.69) is 0 Å². The second-order valence-corrected chi connectivity index (χ2v) is 7.69. The van der Waals surface area contributed by atoms with Gasteiger partial charge in [0.05, 0.1) is 26.4 Å². The summed E-state index contributed by atoms with van der Waals surface area (Å²) in [6.07, 6.45) is -1.11. The minimum Gasteiger partial charge on any atom is -0.374 e. The van der Waals surface area contributed by atoms with Gasteiger partial charge in [-0.15, -0.1) is 0 Å². The Balaban J connectivity index is 1.40. The molecule has 4 rings (SSSR count). The van der Waals surface area contributed by atoms with Crippen LogP contribution >= 0.6 is 0 Å². The highest BCUT2D eigenvalue weighted by atomic mass is 16.7. The summed E-state index contributed by atoms with van der Waals surface area (Å²) in [5, 5.41) is 11.2. The van der Waals surface area contributed by atoms with Crippen molar-refractivity contribution in [2.45, 2.75) is 37.8 Å². The maximum atomic E-state index is 11.2. The van der Waals surface area contributed by atoms with Gasteiger partial charge in [0, 0.05) is 0 Å². The summed E-state index contributed by atoms with van der Waals surface area (Å²) >= 11 is 0. The average molecular weight is 421 g/mol. The zero-order chi connectivity index (χ0) is 21.4. The lowest BCUT2D eigenvalue weighted by Gasteiger charge is -2.30. The highest BCUT2D eigenvalue weighted by molar-refractivity contribution is 5.15. The van der Waals surface area contributed by atoms with Crippen LogP contribution in [0.25, 0.3) is 0 Å². The summed E-state index contributed by atoms with van der Waals surface area (Å²) < 4.78 is 23.8. The lowest BCUT2D eigenvalue weighted by Crippen LogP contribution is -2.48. The molecule has 0 amide bonds. The molecule has 0 radical (unpaired) electrons. The van der Waals surface area contributed by atoms with Crippen LogP contribution in [0.5, 0.6) is 0 Å². The molecule has 1 heterocycles. The van der Waals surface area contributed by atoms with Crippen molar-refractivity contribution in [3.05, 3.63) is 108 Å². The molecule has 1 N–H and O–H groups in total. The monoisotopic (exact) mass is 420 g/mol. The van der Waals surface area contributed by atoms with Crippen LogP contribution in [0.4, 0.5) is 0 Å². The molecule has 0 saturated carbocycles. The van der Waals surface area contributed by atoms with E-state index in [1.165, 1.54) is 0 Å². The van der Waals surface area contributed by atoms with Gasteiger partial charge in [0.15, 0.2) is 0 Å². The van der Waals surface area contributed by atoms with Crippen molar-refractivity contribution >= 4 is 0 Å². The number of benzene rings is 3. The van der Waals surface area contributed by atoms with Gasteiger partial charge in [0.1, 0.15) is 18.8 Å². The second kappa shape index (κ2) is 10.7. The van der Waals surface area contributed by atoms with Gasteiger partial charge in [-0.3, -0.25) is 0 Å². The predicted molar refractivity (Wildman–Crippen MR) is 117 cm³/mol. The first kappa shape index (κ1) is 21.7. The van der Waals surface area contributed by atoms with E-state index in [0.717, 1.165) is 16.7 Å². The van der Waals surface area contributed by atoms with Gasteiger partial charge in [0.25, 0.3) is 0 Å². The molecule has 3 atom stereocenters. The Morgan fingerprint density at radius 2 is 1.26 bits per heavy atom. The SMILES string of the molecule is OC1(OCc2ccccc2)COC(COCc2ccccc2)C1OCc1ccccc1. The van der Waals surface area contributed by atoms with Crippen molar-refractivity contribution in [3.8, 4) is 0 Å². The molecule has 0 aliphatic carbocycles. The van der Waals surface area contributed by atoms with E-state index in [-0.39, 0.29) is 13.2 Å². The van der Waals surface area contributed by atoms with E-state index in [0.29, 0.717) is 19.8 Å². The smallest absolute Gasteiger partial charge is 0.219 e. The van der Waals surface area contributed by atoms with Crippen LogP contribution in [0, 0.1) is 0 Å². The van der Waals surface area contributed by atoms with Crippen molar-refractivity contribution in [1.82, 2.24) is 0 Å². The van der Waals surface area contributed by atoms with Crippen molar-refractivity contribution < 1.29 is 24.1 Å². The van der Waals surface area contributed by atoms with Crippen molar-refractivity contribution in [2.75, 3.05) is 13.2 Å². The largest absolute Gasteiger partial charge is 0.374 e. The number of rotatable bonds is 10. The number of hydrogen-bond acceptors (Lipinski definition) is 5. The van der Waals surface area contributed by atoms with Crippen LogP contribution in [0.2, 0.25) is 0 Å². The van der Waals surface area contributed by atoms with Gasteiger partial charge >= 0.3 is 0 Å². The fourth-order valence-electron chi connectivity index (χ4n) is 3.59. The van der Waals surface area contributed by atoms with E-state index in [4.69, 9.17) is 18.9 Å². The van der Waals surface area contributed by atoms with Crippen LogP contribution < -0.4 is 0 Å². The van der Waals surface area contributed by atoms with E-state index >= 15 is 0 Å². The molecule has 1 aliphatic rings. The number of aliphatic hydroxyl groups is 1. The molecule has 1 fully saturated rings. The van der Waals surface area contributed by atoms with Crippen LogP contribution in [-0.2, 0) is 38.8 Å². The highest BCUT2D eigenvalue weighted by Gasteiger charge is 2.51. The fraction of sp³-hybridized carbons (Fsp3) is 0.308. The molecule has 5 heteroatoms. The first-order chi connectivity index (χ1) is 15.2. The third kappa shape index (κ3) is 6.00. The van der Waals surface area contributed by atoms with E-state index in [1.807, 2.05) is 91.0 Å². The molecule has 3 unspecified atom stereocenters. The Labute approximate surface area is 183 Å². The molecule has 162 valence electrons. The maximum Gasteiger partial charge on any atom is 0.219 e. The first-order valence-electron chi connectivity index (χ1n) is 10.5. The van der Waals surface area contributed by atoms with E-state index in [1.54, 1.807) is 0 Å². The summed E-state index contributed by atoms with van der Waals surface area (Å²) in [5.74, 6) is -1.55. The molecule has 3 aromatic rings. The summed E-state index contributed by atoms with van der Waals surface area (Å²) in [7, 11) is 0. The Morgan fingerprint density at radius 1 is 0.742 bits per heavy atom. The molecule has 31 heavy (non-hydrogen) atoms. The van der Waals surface area contributed by atoms with Crippen LogP contribution in [0.1, 0.15) is 16.7 Å².